The van der Waals surface area contributed by atoms with Gasteiger partial charge >= 0.3 is 0 Å². The van der Waals surface area contributed by atoms with E-state index in [2.05, 4.69) is 20.4 Å². The predicted molar refractivity (Wildman–Crippen MR) is 95.4 cm³/mol. The number of nitrogens with zero attached hydrogens (tertiary/aromatic N) is 2. The van der Waals surface area contributed by atoms with Crippen molar-refractivity contribution in [3.8, 4) is 0 Å². The van der Waals surface area contributed by atoms with E-state index in [1.165, 1.54) is 6.07 Å². The third-order valence-electron chi connectivity index (χ3n) is 3.60. The van der Waals surface area contributed by atoms with Crippen LogP contribution >= 0.6 is 0 Å². The minimum absolute atomic E-state index is 0.115. The van der Waals surface area contributed by atoms with Crippen LogP contribution in [0, 0.1) is 10.1 Å². The number of aromatic nitrogens is 1. The standard InChI is InChI=1S/C12H18N4O2.C5H10O2/c17-16(18)12-2-1-6-15-11(12)5-9-14-10-3-7-13-8-4-10;1-5(2,3)7-4-6/h1-2,6,10,13-14H,3-5,7-9H2;4H,1-3H3. The van der Waals surface area contributed by atoms with E-state index in [9.17, 15) is 14.9 Å². The number of nitrogens with one attached hydrogen (secondary N) is 2. The van der Waals surface area contributed by atoms with Gasteiger partial charge in [-0.15, -0.1) is 0 Å². The Labute approximate surface area is 148 Å². The van der Waals surface area contributed by atoms with Crippen LogP contribution in [0.25, 0.3) is 0 Å². The monoisotopic (exact) mass is 352 g/mol. The number of nitro groups is 1. The molecule has 0 spiro atoms. The molecule has 1 aliphatic rings. The van der Waals surface area contributed by atoms with Crippen LogP contribution in [-0.2, 0) is 16.0 Å². The molecule has 1 aliphatic heterocycles. The lowest BCUT2D eigenvalue weighted by Gasteiger charge is -2.23. The summed E-state index contributed by atoms with van der Waals surface area (Å²) in [5.41, 5.74) is 0.357. The highest BCUT2D eigenvalue weighted by Crippen LogP contribution is 2.15. The number of carbonyl (C=O) groups excluding carboxylic acids is 1. The number of rotatable bonds is 6. The fraction of sp³-hybridized carbons (Fsp3) is 0.647. The summed E-state index contributed by atoms with van der Waals surface area (Å²) >= 11 is 0. The quantitative estimate of drug-likeness (QED) is 0.457. The lowest BCUT2D eigenvalue weighted by Crippen LogP contribution is -2.40. The zero-order valence-corrected chi connectivity index (χ0v) is 15.2. The van der Waals surface area contributed by atoms with Crippen LogP contribution in [-0.4, -0.2) is 47.7 Å². The molecule has 2 heterocycles. The molecule has 0 saturated carbocycles. The fourth-order valence-electron chi connectivity index (χ4n) is 2.35. The van der Waals surface area contributed by atoms with Gasteiger partial charge in [0, 0.05) is 31.3 Å². The first-order valence-electron chi connectivity index (χ1n) is 8.47. The Balaban J connectivity index is 0.000000381. The number of carbonyl (C=O) groups is 1. The second kappa shape index (κ2) is 10.7. The van der Waals surface area contributed by atoms with Gasteiger partial charge in [-0.1, -0.05) is 0 Å². The Bertz CT molecular complexity index is 540. The summed E-state index contributed by atoms with van der Waals surface area (Å²) in [4.78, 5) is 24.1. The highest BCUT2D eigenvalue weighted by Gasteiger charge is 2.15. The van der Waals surface area contributed by atoms with Crippen LogP contribution in [0.15, 0.2) is 18.3 Å². The largest absolute Gasteiger partial charge is 0.462 e. The maximum Gasteiger partial charge on any atom is 0.293 e. The van der Waals surface area contributed by atoms with Gasteiger partial charge in [-0.25, -0.2) is 0 Å². The molecule has 0 radical (unpaired) electrons. The lowest BCUT2D eigenvalue weighted by atomic mass is 10.1. The van der Waals surface area contributed by atoms with E-state index in [1.807, 2.05) is 20.8 Å². The van der Waals surface area contributed by atoms with Crippen molar-refractivity contribution in [3.05, 3.63) is 34.1 Å². The van der Waals surface area contributed by atoms with E-state index in [0.29, 0.717) is 24.6 Å². The lowest BCUT2D eigenvalue weighted by molar-refractivity contribution is -0.385. The number of piperidine rings is 1. The summed E-state index contributed by atoms with van der Waals surface area (Å²) in [6, 6.07) is 3.63. The van der Waals surface area contributed by atoms with Crippen molar-refractivity contribution in [2.24, 2.45) is 0 Å². The van der Waals surface area contributed by atoms with E-state index in [-0.39, 0.29) is 16.2 Å². The molecule has 1 fully saturated rings. The minimum Gasteiger partial charge on any atom is -0.462 e. The van der Waals surface area contributed by atoms with Gasteiger partial charge < -0.3 is 15.4 Å². The number of hydrogen-bond acceptors (Lipinski definition) is 7. The van der Waals surface area contributed by atoms with Gasteiger partial charge in [0.05, 0.1) is 4.92 Å². The summed E-state index contributed by atoms with van der Waals surface area (Å²) in [6.07, 6.45) is 4.43. The second-order valence-corrected chi connectivity index (χ2v) is 6.78. The van der Waals surface area contributed by atoms with E-state index < -0.39 is 0 Å². The Morgan fingerprint density at radius 3 is 2.64 bits per heavy atom. The molecule has 2 rings (SSSR count). The third kappa shape index (κ3) is 9.11. The highest BCUT2D eigenvalue weighted by atomic mass is 16.6. The SMILES string of the molecule is CC(C)(C)OC=O.O=[N+]([O-])c1cccnc1CCNC1CCNCC1. The zero-order chi connectivity index (χ0) is 18.7. The first-order valence-corrected chi connectivity index (χ1v) is 8.47. The number of pyridine rings is 1. The van der Waals surface area contributed by atoms with Crippen LogP contribution < -0.4 is 10.6 Å². The summed E-state index contributed by atoms with van der Waals surface area (Å²) in [7, 11) is 0. The van der Waals surface area contributed by atoms with Crippen molar-refractivity contribution in [2.75, 3.05) is 19.6 Å². The van der Waals surface area contributed by atoms with E-state index >= 15 is 0 Å². The van der Waals surface area contributed by atoms with Crippen molar-refractivity contribution in [1.29, 1.82) is 0 Å². The van der Waals surface area contributed by atoms with Crippen molar-refractivity contribution >= 4 is 12.2 Å². The zero-order valence-electron chi connectivity index (χ0n) is 15.2. The Kier molecular flexibility index (Phi) is 9.01. The molecule has 25 heavy (non-hydrogen) atoms. The maximum absolute atomic E-state index is 10.8. The molecule has 0 aliphatic carbocycles. The summed E-state index contributed by atoms with van der Waals surface area (Å²) in [5, 5.41) is 17.6. The van der Waals surface area contributed by atoms with E-state index in [4.69, 9.17) is 0 Å². The van der Waals surface area contributed by atoms with E-state index in [0.717, 1.165) is 32.5 Å². The van der Waals surface area contributed by atoms with Crippen LogP contribution in [0.5, 0.6) is 0 Å². The van der Waals surface area contributed by atoms with E-state index in [1.54, 1.807) is 12.3 Å². The van der Waals surface area contributed by atoms with Gasteiger partial charge in [0.15, 0.2) is 0 Å². The molecule has 0 unspecified atom stereocenters. The highest BCUT2D eigenvalue weighted by molar-refractivity contribution is 5.37. The van der Waals surface area contributed by atoms with Gasteiger partial charge in [0.2, 0.25) is 0 Å². The van der Waals surface area contributed by atoms with Gasteiger partial charge in [0.25, 0.3) is 12.2 Å². The number of hydrogen-bond donors (Lipinski definition) is 2. The minimum atomic E-state index is -0.368. The maximum atomic E-state index is 10.8. The molecule has 1 aromatic heterocycles. The van der Waals surface area contributed by atoms with Crippen molar-refractivity contribution < 1.29 is 14.5 Å². The van der Waals surface area contributed by atoms with Crippen molar-refractivity contribution in [2.45, 2.75) is 51.7 Å². The predicted octanol–water partition coefficient (Wildman–Crippen LogP) is 1.83. The second-order valence-electron chi connectivity index (χ2n) is 6.78. The van der Waals surface area contributed by atoms with Crippen LogP contribution in [0.1, 0.15) is 39.3 Å². The van der Waals surface area contributed by atoms with Crippen molar-refractivity contribution in [1.82, 2.24) is 15.6 Å². The molecular formula is C17H28N4O4. The molecule has 0 aromatic carbocycles. The van der Waals surface area contributed by atoms with Crippen molar-refractivity contribution in [3.63, 3.8) is 0 Å². The van der Waals surface area contributed by atoms with Gasteiger partial charge in [-0.3, -0.25) is 19.9 Å². The summed E-state index contributed by atoms with van der Waals surface area (Å²) in [5.74, 6) is 0. The average Bonchev–Trinajstić information content (AvgIpc) is 2.55. The molecule has 1 saturated heterocycles. The Morgan fingerprint density at radius 1 is 1.44 bits per heavy atom. The van der Waals surface area contributed by atoms with Crippen LogP contribution in [0.3, 0.4) is 0 Å². The Hall–Kier alpha value is -2.06. The number of ether oxygens (including phenoxy) is 1. The van der Waals surface area contributed by atoms with Gasteiger partial charge in [-0.2, -0.15) is 0 Å². The summed E-state index contributed by atoms with van der Waals surface area (Å²) < 4.78 is 4.55. The molecule has 8 heteroatoms. The molecular weight excluding hydrogens is 324 g/mol. The fourth-order valence-corrected chi connectivity index (χ4v) is 2.35. The normalized spacial score (nSPS) is 15.0. The molecule has 0 amide bonds. The van der Waals surface area contributed by atoms with Crippen LogP contribution in [0.4, 0.5) is 5.69 Å². The molecule has 1 aromatic rings. The Morgan fingerprint density at radius 2 is 2.12 bits per heavy atom. The molecule has 0 bridgehead atoms. The average molecular weight is 352 g/mol. The van der Waals surface area contributed by atoms with Crippen LogP contribution in [0.2, 0.25) is 0 Å². The molecule has 2 N–H and O–H groups in total. The van der Waals surface area contributed by atoms with Gasteiger partial charge in [0.1, 0.15) is 11.3 Å². The first kappa shape index (κ1) is 21.0. The van der Waals surface area contributed by atoms with Gasteiger partial charge in [-0.05, 0) is 52.8 Å². The smallest absolute Gasteiger partial charge is 0.293 e. The first-order chi connectivity index (χ1) is 11.8. The molecule has 0 atom stereocenters. The topological polar surface area (TPSA) is 106 Å². The summed E-state index contributed by atoms with van der Waals surface area (Å²) in [6.45, 7) is 8.75. The molecule has 8 nitrogen and oxygen atoms in total. The third-order valence-corrected chi connectivity index (χ3v) is 3.60. The molecule has 140 valence electrons.